The molecule has 0 rings (SSSR count). The van der Waals surface area contributed by atoms with Crippen LogP contribution >= 0.6 is 15.9 Å². The Labute approximate surface area is 46.8 Å². The molecular weight excluding hydrogens is 144 g/mol. The highest BCUT2D eigenvalue weighted by atomic mass is 79.9. The van der Waals surface area contributed by atoms with Crippen molar-refractivity contribution >= 4 is 15.9 Å². The van der Waals surface area contributed by atoms with Gasteiger partial charge in [-0.2, -0.15) is 0 Å². The van der Waals surface area contributed by atoms with Crippen LogP contribution < -0.4 is 0 Å². The monoisotopic (exact) mass is 152 g/mol. The molecule has 1 nitrogen and oxygen atoms in total. The summed E-state index contributed by atoms with van der Waals surface area (Å²) in [6.45, 7) is 4.70. The van der Waals surface area contributed by atoms with Gasteiger partial charge in [0.05, 0.1) is 0 Å². The largest absolute Gasteiger partial charge is 0.368 e. The van der Waals surface area contributed by atoms with Crippen LogP contribution in [0.15, 0.2) is 0 Å². The minimum absolute atomic E-state index is 0.211. The first-order valence-electron chi connectivity index (χ1n) is 2.03. The summed E-state index contributed by atoms with van der Waals surface area (Å²) < 4.78 is 4.96. The lowest BCUT2D eigenvalue weighted by molar-refractivity contribution is 0.142. The molecule has 0 aromatic carbocycles. The van der Waals surface area contributed by atoms with Gasteiger partial charge in [-0.25, -0.2) is 0 Å². The summed E-state index contributed by atoms with van der Waals surface area (Å²) in [4.78, 5) is 0. The zero-order valence-corrected chi connectivity index (χ0v) is 5.66. The Hall–Kier alpha value is 0.440. The maximum Gasteiger partial charge on any atom is 0.109 e. The van der Waals surface area contributed by atoms with Gasteiger partial charge in [-0.15, -0.1) is 0 Å². The molecule has 0 amide bonds. The van der Waals surface area contributed by atoms with E-state index in [-0.39, 0.29) is 5.01 Å². The fourth-order valence-corrected chi connectivity index (χ4v) is 0.494. The Balaban J connectivity index is 2.63. The van der Waals surface area contributed by atoms with Gasteiger partial charge in [0.15, 0.2) is 0 Å². The second-order valence-electron chi connectivity index (χ2n) is 0.998. The van der Waals surface area contributed by atoms with Crippen LogP contribution in [0, 0.1) is 0 Å². The fraction of sp³-hybridized carbons (Fsp3) is 1.00. The molecule has 0 N–H and O–H groups in total. The first-order valence-corrected chi connectivity index (χ1v) is 2.94. The van der Waals surface area contributed by atoms with Crippen LogP contribution in [0.3, 0.4) is 0 Å². The van der Waals surface area contributed by atoms with Crippen LogP contribution in [-0.4, -0.2) is 11.6 Å². The van der Waals surface area contributed by atoms with Crippen molar-refractivity contribution in [3.63, 3.8) is 0 Å². The molecular formula is C4H9BrO. The number of hydrogen-bond acceptors (Lipinski definition) is 1. The zero-order chi connectivity index (χ0) is 4.99. The second kappa shape index (κ2) is 3.62. The Bertz CT molecular complexity index is 28.7. The summed E-state index contributed by atoms with van der Waals surface area (Å²) in [7, 11) is 0. The highest BCUT2D eigenvalue weighted by Crippen LogP contribution is 1.96. The van der Waals surface area contributed by atoms with Crippen molar-refractivity contribution in [3.8, 4) is 0 Å². The normalized spacial score (nSPS) is 14.5. The standard InChI is InChI=1S/C4H9BrO/c1-3-6-4(2)5/h4H,3H2,1-2H3. The van der Waals surface area contributed by atoms with Gasteiger partial charge in [-0.1, -0.05) is 15.9 Å². The van der Waals surface area contributed by atoms with Gasteiger partial charge < -0.3 is 4.74 Å². The van der Waals surface area contributed by atoms with Crippen LogP contribution in [-0.2, 0) is 4.74 Å². The van der Waals surface area contributed by atoms with E-state index in [1.165, 1.54) is 0 Å². The molecule has 0 radical (unpaired) electrons. The first kappa shape index (κ1) is 6.44. The average Bonchev–Trinajstić information content (AvgIpc) is 1.35. The molecule has 0 aliphatic carbocycles. The van der Waals surface area contributed by atoms with E-state index in [0.29, 0.717) is 0 Å². The fourth-order valence-electron chi connectivity index (χ4n) is 0.230. The molecule has 6 heavy (non-hydrogen) atoms. The summed E-state index contributed by atoms with van der Waals surface area (Å²) in [6.07, 6.45) is 0. The highest BCUT2D eigenvalue weighted by molar-refractivity contribution is 9.09. The number of hydrogen-bond donors (Lipinski definition) is 0. The third kappa shape index (κ3) is 4.44. The molecule has 2 heteroatoms. The lowest BCUT2D eigenvalue weighted by atomic mass is 10.8. The molecule has 0 saturated carbocycles. The van der Waals surface area contributed by atoms with Gasteiger partial charge in [0.25, 0.3) is 0 Å². The van der Waals surface area contributed by atoms with Crippen molar-refractivity contribution < 1.29 is 4.74 Å². The van der Waals surface area contributed by atoms with Gasteiger partial charge in [-0.3, -0.25) is 0 Å². The Morgan fingerprint density at radius 3 is 2.33 bits per heavy atom. The van der Waals surface area contributed by atoms with Crippen molar-refractivity contribution in [2.75, 3.05) is 6.61 Å². The van der Waals surface area contributed by atoms with Crippen molar-refractivity contribution in [2.24, 2.45) is 0 Å². The predicted molar refractivity (Wildman–Crippen MR) is 30.0 cm³/mol. The van der Waals surface area contributed by atoms with Gasteiger partial charge in [0.1, 0.15) is 5.01 Å². The Kier molecular flexibility index (Phi) is 3.89. The molecule has 38 valence electrons. The van der Waals surface area contributed by atoms with Crippen LogP contribution in [0.2, 0.25) is 0 Å². The zero-order valence-electron chi connectivity index (χ0n) is 4.07. The van der Waals surface area contributed by atoms with Crippen molar-refractivity contribution in [1.29, 1.82) is 0 Å². The lowest BCUT2D eigenvalue weighted by Gasteiger charge is -1.98. The van der Waals surface area contributed by atoms with E-state index in [1.54, 1.807) is 0 Å². The first-order chi connectivity index (χ1) is 2.77. The van der Waals surface area contributed by atoms with E-state index in [0.717, 1.165) is 6.61 Å². The molecule has 0 aromatic rings. The van der Waals surface area contributed by atoms with Crippen LogP contribution in [0.25, 0.3) is 0 Å². The van der Waals surface area contributed by atoms with E-state index >= 15 is 0 Å². The molecule has 0 fully saturated rings. The van der Waals surface area contributed by atoms with Gasteiger partial charge >= 0.3 is 0 Å². The minimum atomic E-state index is 0.211. The van der Waals surface area contributed by atoms with Crippen molar-refractivity contribution in [1.82, 2.24) is 0 Å². The topological polar surface area (TPSA) is 9.23 Å². The van der Waals surface area contributed by atoms with Gasteiger partial charge in [0, 0.05) is 6.61 Å². The molecule has 0 spiro atoms. The number of ether oxygens (including phenoxy) is 1. The maximum absolute atomic E-state index is 4.96. The number of rotatable bonds is 2. The quantitative estimate of drug-likeness (QED) is 0.549. The molecule has 1 unspecified atom stereocenters. The molecule has 0 heterocycles. The van der Waals surface area contributed by atoms with Crippen LogP contribution in [0.5, 0.6) is 0 Å². The average molecular weight is 153 g/mol. The second-order valence-corrected chi connectivity index (χ2v) is 2.29. The van der Waals surface area contributed by atoms with E-state index < -0.39 is 0 Å². The molecule has 0 bridgehead atoms. The van der Waals surface area contributed by atoms with E-state index in [1.807, 2.05) is 13.8 Å². The lowest BCUT2D eigenvalue weighted by Crippen LogP contribution is -1.95. The molecule has 1 atom stereocenters. The van der Waals surface area contributed by atoms with Crippen LogP contribution in [0.4, 0.5) is 0 Å². The van der Waals surface area contributed by atoms with Gasteiger partial charge in [-0.05, 0) is 13.8 Å². The Morgan fingerprint density at radius 1 is 1.83 bits per heavy atom. The molecule has 0 aromatic heterocycles. The summed E-state index contributed by atoms with van der Waals surface area (Å²) in [6, 6.07) is 0. The van der Waals surface area contributed by atoms with Gasteiger partial charge in [0.2, 0.25) is 0 Å². The van der Waals surface area contributed by atoms with E-state index in [4.69, 9.17) is 4.74 Å². The molecule has 0 aliphatic rings. The SMILES string of the molecule is CCOC(C)Br. The molecule has 0 saturated heterocycles. The summed E-state index contributed by atoms with van der Waals surface area (Å²) in [5, 5.41) is 0.211. The predicted octanol–water partition coefficient (Wildman–Crippen LogP) is 1.76. The van der Waals surface area contributed by atoms with Crippen LogP contribution in [0.1, 0.15) is 13.8 Å². The highest BCUT2D eigenvalue weighted by Gasteiger charge is 1.86. The minimum Gasteiger partial charge on any atom is -0.368 e. The smallest absolute Gasteiger partial charge is 0.109 e. The third-order valence-corrected chi connectivity index (χ3v) is 0.661. The van der Waals surface area contributed by atoms with E-state index in [2.05, 4.69) is 15.9 Å². The van der Waals surface area contributed by atoms with Crippen molar-refractivity contribution in [2.45, 2.75) is 18.9 Å². The summed E-state index contributed by atoms with van der Waals surface area (Å²) in [5.41, 5.74) is 0. The summed E-state index contributed by atoms with van der Waals surface area (Å²) in [5.74, 6) is 0. The summed E-state index contributed by atoms with van der Waals surface area (Å²) >= 11 is 3.21. The van der Waals surface area contributed by atoms with Crippen molar-refractivity contribution in [3.05, 3.63) is 0 Å². The third-order valence-electron chi connectivity index (χ3n) is 0.396. The number of alkyl halides is 1. The maximum atomic E-state index is 4.96. The Morgan fingerprint density at radius 2 is 2.33 bits per heavy atom. The van der Waals surface area contributed by atoms with E-state index in [9.17, 15) is 0 Å². The number of halogens is 1. The molecule has 0 aliphatic heterocycles.